The van der Waals surface area contributed by atoms with Crippen LogP contribution < -0.4 is 5.32 Å². The van der Waals surface area contributed by atoms with Gasteiger partial charge in [0.25, 0.3) is 0 Å². The molecule has 2 nitrogen and oxygen atoms in total. The maximum absolute atomic E-state index is 10.3. The Bertz CT molecular complexity index is 154. The Morgan fingerprint density at radius 2 is 1.50 bits per heavy atom. The van der Waals surface area contributed by atoms with E-state index in [1.807, 2.05) is 6.92 Å². The topological polar surface area (TPSA) is 32.3 Å². The van der Waals surface area contributed by atoms with Gasteiger partial charge in [-0.2, -0.15) is 0 Å². The minimum Gasteiger partial charge on any atom is -0.389 e. The summed E-state index contributed by atoms with van der Waals surface area (Å²) < 4.78 is 0. The van der Waals surface area contributed by atoms with E-state index in [2.05, 4.69) is 39.9 Å². The molecule has 1 atom stereocenters. The van der Waals surface area contributed by atoms with Crippen molar-refractivity contribution >= 4 is 0 Å². The maximum Gasteiger partial charge on any atom is 0.0771 e. The van der Waals surface area contributed by atoms with E-state index in [1.165, 1.54) is 0 Å². The SMILES string of the molecule is CCC(CC)C(C)(O)CNC(C)(C)C. The van der Waals surface area contributed by atoms with Gasteiger partial charge in [-0.05, 0) is 33.6 Å². The number of hydrogen-bond acceptors (Lipinski definition) is 2. The molecular formula is C12H27NO. The van der Waals surface area contributed by atoms with E-state index in [4.69, 9.17) is 0 Å². The molecule has 86 valence electrons. The van der Waals surface area contributed by atoms with Gasteiger partial charge in [0.05, 0.1) is 5.60 Å². The van der Waals surface area contributed by atoms with E-state index in [1.54, 1.807) is 0 Å². The van der Waals surface area contributed by atoms with Crippen molar-refractivity contribution < 1.29 is 5.11 Å². The Balaban J connectivity index is 4.18. The first-order chi connectivity index (χ1) is 6.23. The highest BCUT2D eigenvalue weighted by Crippen LogP contribution is 2.23. The third kappa shape index (κ3) is 4.97. The number of rotatable bonds is 5. The molecule has 2 N–H and O–H groups in total. The van der Waals surface area contributed by atoms with Gasteiger partial charge in [-0.25, -0.2) is 0 Å². The summed E-state index contributed by atoms with van der Waals surface area (Å²) in [7, 11) is 0. The Labute approximate surface area is 89.1 Å². The van der Waals surface area contributed by atoms with Gasteiger partial charge in [-0.3, -0.25) is 0 Å². The molecule has 1 unspecified atom stereocenters. The van der Waals surface area contributed by atoms with E-state index in [0.29, 0.717) is 12.5 Å². The van der Waals surface area contributed by atoms with Crippen molar-refractivity contribution in [2.24, 2.45) is 5.92 Å². The number of aliphatic hydroxyl groups is 1. The molecule has 0 saturated carbocycles. The first-order valence-corrected chi connectivity index (χ1v) is 5.70. The number of nitrogens with one attached hydrogen (secondary N) is 1. The third-order valence-corrected chi connectivity index (χ3v) is 2.84. The van der Waals surface area contributed by atoms with Crippen LogP contribution in [0.4, 0.5) is 0 Å². The van der Waals surface area contributed by atoms with Crippen LogP contribution in [-0.2, 0) is 0 Å². The lowest BCUT2D eigenvalue weighted by atomic mass is 9.84. The molecule has 0 heterocycles. The predicted octanol–water partition coefficient (Wildman–Crippen LogP) is 2.56. The van der Waals surface area contributed by atoms with E-state index in [-0.39, 0.29) is 5.54 Å². The Morgan fingerprint density at radius 1 is 1.07 bits per heavy atom. The lowest BCUT2D eigenvalue weighted by Gasteiger charge is -2.35. The molecule has 0 aliphatic rings. The molecule has 0 aliphatic heterocycles. The molecule has 0 aliphatic carbocycles. The first kappa shape index (κ1) is 13.9. The third-order valence-electron chi connectivity index (χ3n) is 2.84. The summed E-state index contributed by atoms with van der Waals surface area (Å²) in [4.78, 5) is 0. The van der Waals surface area contributed by atoms with E-state index < -0.39 is 5.60 Å². The average molecular weight is 201 g/mol. The van der Waals surface area contributed by atoms with Gasteiger partial charge >= 0.3 is 0 Å². The molecule has 0 aromatic heterocycles. The Morgan fingerprint density at radius 3 is 1.79 bits per heavy atom. The van der Waals surface area contributed by atoms with Gasteiger partial charge in [0.1, 0.15) is 0 Å². The molecule has 0 bridgehead atoms. The second-order valence-electron chi connectivity index (χ2n) is 5.47. The highest BCUT2D eigenvalue weighted by atomic mass is 16.3. The summed E-state index contributed by atoms with van der Waals surface area (Å²) in [5, 5.41) is 13.6. The van der Waals surface area contributed by atoms with Gasteiger partial charge in [0, 0.05) is 12.1 Å². The Hall–Kier alpha value is -0.0800. The lowest BCUT2D eigenvalue weighted by Crippen LogP contribution is -2.49. The summed E-state index contributed by atoms with van der Waals surface area (Å²) >= 11 is 0. The first-order valence-electron chi connectivity index (χ1n) is 5.70. The summed E-state index contributed by atoms with van der Waals surface area (Å²) in [5.74, 6) is 0.386. The minimum absolute atomic E-state index is 0.0794. The summed E-state index contributed by atoms with van der Waals surface area (Å²) in [6.45, 7) is 13.2. The predicted molar refractivity (Wildman–Crippen MR) is 62.5 cm³/mol. The van der Waals surface area contributed by atoms with Crippen molar-refractivity contribution in [2.75, 3.05) is 6.54 Å². The molecule has 0 fully saturated rings. The van der Waals surface area contributed by atoms with Crippen LogP contribution in [0.15, 0.2) is 0 Å². The van der Waals surface area contributed by atoms with Crippen LogP contribution in [0.2, 0.25) is 0 Å². The number of β-amino-alcohol motifs (C(OH)–C–C–N with tert-alkyl or cyclic N) is 1. The van der Waals surface area contributed by atoms with Crippen molar-refractivity contribution in [3.8, 4) is 0 Å². The highest BCUT2D eigenvalue weighted by Gasteiger charge is 2.30. The average Bonchev–Trinajstić information content (AvgIpc) is 2.02. The highest BCUT2D eigenvalue weighted by molar-refractivity contribution is 4.85. The van der Waals surface area contributed by atoms with Crippen molar-refractivity contribution in [1.82, 2.24) is 5.32 Å². The normalized spacial score (nSPS) is 17.1. The smallest absolute Gasteiger partial charge is 0.0771 e. The zero-order chi connectivity index (χ0) is 11.4. The van der Waals surface area contributed by atoms with Crippen molar-refractivity contribution in [3.05, 3.63) is 0 Å². The monoisotopic (exact) mass is 201 g/mol. The van der Waals surface area contributed by atoms with Crippen LogP contribution in [0.25, 0.3) is 0 Å². The Kier molecular flexibility index (Phi) is 5.10. The van der Waals surface area contributed by atoms with Gasteiger partial charge in [-0.15, -0.1) is 0 Å². The fraction of sp³-hybridized carbons (Fsp3) is 1.00. The lowest BCUT2D eigenvalue weighted by molar-refractivity contribution is -0.00813. The van der Waals surface area contributed by atoms with Crippen LogP contribution in [0.5, 0.6) is 0 Å². The molecule has 0 saturated heterocycles. The second-order valence-corrected chi connectivity index (χ2v) is 5.47. The van der Waals surface area contributed by atoms with Crippen molar-refractivity contribution in [1.29, 1.82) is 0 Å². The van der Waals surface area contributed by atoms with Gasteiger partial charge in [-0.1, -0.05) is 26.7 Å². The van der Waals surface area contributed by atoms with Crippen LogP contribution in [0, 0.1) is 5.92 Å². The summed E-state index contributed by atoms with van der Waals surface area (Å²) in [6, 6.07) is 0. The second kappa shape index (κ2) is 5.13. The van der Waals surface area contributed by atoms with Gasteiger partial charge in [0.15, 0.2) is 0 Å². The largest absolute Gasteiger partial charge is 0.389 e. The molecule has 0 rings (SSSR count). The minimum atomic E-state index is -0.587. The molecule has 0 aromatic rings. The van der Waals surface area contributed by atoms with Crippen LogP contribution in [0.3, 0.4) is 0 Å². The van der Waals surface area contributed by atoms with Crippen LogP contribution in [0.1, 0.15) is 54.4 Å². The number of hydrogen-bond donors (Lipinski definition) is 2. The molecule has 0 aromatic carbocycles. The van der Waals surface area contributed by atoms with Crippen LogP contribution >= 0.6 is 0 Å². The zero-order valence-corrected chi connectivity index (χ0v) is 10.6. The van der Waals surface area contributed by atoms with E-state index >= 15 is 0 Å². The van der Waals surface area contributed by atoms with E-state index in [9.17, 15) is 5.11 Å². The van der Waals surface area contributed by atoms with Crippen molar-refractivity contribution in [2.45, 2.75) is 65.5 Å². The summed E-state index contributed by atoms with van der Waals surface area (Å²) in [6.07, 6.45) is 2.07. The van der Waals surface area contributed by atoms with E-state index in [0.717, 1.165) is 12.8 Å². The van der Waals surface area contributed by atoms with Crippen molar-refractivity contribution in [3.63, 3.8) is 0 Å². The van der Waals surface area contributed by atoms with Gasteiger partial charge < -0.3 is 10.4 Å². The zero-order valence-electron chi connectivity index (χ0n) is 10.6. The quantitative estimate of drug-likeness (QED) is 0.716. The molecule has 0 amide bonds. The molecule has 2 heteroatoms. The fourth-order valence-corrected chi connectivity index (χ4v) is 1.76. The molecule has 0 radical (unpaired) electrons. The maximum atomic E-state index is 10.3. The molecule has 0 spiro atoms. The standard InChI is InChI=1S/C12H27NO/c1-7-10(8-2)12(6,14)9-13-11(3,4)5/h10,13-14H,7-9H2,1-6H3. The molecule has 14 heavy (non-hydrogen) atoms. The van der Waals surface area contributed by atoms with Gasteiger partial charge in [0.2, 0.25) is 0 Å². The fourth-order valence-electron chi connectivity index (χ4n) is 1.76. The summed E-state index contributed by atoms with van der Waals surface area (Å²) in [5.41, 5.74) is -0.507. The van der Waals surface area contributed by atoms with Crippen LogP contribution in [-0.4, -0.2) is 22.8 Å². The molecular weight excluding hydrogens is 174 g/mol.